The van der Waals surface area contributed by atoms with Crippen LogP contribution in [0.4, 0.5) is 0 Å². The first kappa shape index (κ1) is 94.3. The normalized spacial score (nSPS) is 12.5. The van der Waals surface area contributed by atoms with Gasteiger partial charge in [0.25, 0.3) is 0 Å². The number of carbonyl (C=O) groups is 2. The van der Waals surface area contributed by atoms with Crippen LogP contribution in [0.2, 0.25) is 0 Å². The number of allylic oxidation sites excluding steroid dienone is 4. The van der Waals surface area contributed by atoms with Crippen LogP contribution in [0.25, 0.3) is 0 Å². The second kappa shape index (κ2) is 85.8. The van der Waals surface area contributed by atoms with Crippen molar-refractivity contribution in [2.75, 3.05) is 13.2 Å². The van der Waals surface area contributed by atoms with Gasteiger partial charge in [-0.25, -0.2) is 0 Å². The van der Waals surface area contributed by atoms with Gasteiger partial charge in [0.15, 0.2) is 0 Å². The lowest BCUT2D eigenvalue weighted by molar-refractivity contribution is -0.143. The van der Waals surface area contributed by atoms with E-state index in [2.05, 4.69) is 43.5 Å². The monoisotopic (exact) mass is 1350 g/mol. The first-order valence-corrected chi connectivity index (χ1v) is 44.6. The largest absolute Gasteiger partial charge is 0.466 e. The van der Waals surface area contributed by atoms with Crippen LogP contribution < -0.4 is 5.32 Å². The third-order valence-corrected chi connectivity index (χ3v) is 21.3. The molecule has 0 aliphatic rings. The van der Waals surface area contributed by atoms with Crippen molar-refractivity contribution in [3.63, 3.8) is 0 Å². The van der Waals surface area contributed by atoms with E-state index in [0.29, 0.717) is 25.9 Å². The van der Waals surface area contributed by atoms with E-state index in [1.54, 1.807) is 0 Å². The zero-order valence-electron chi connectivity index (χ0n) is 65.7. The molecule has 0 radical (unpaired) electrons. The predicted octanol–water partition coefficient (Wildman–Crippen LogP) is 29.9. The van der Waals surface area contributed by atoms with Crippen LogP contribution in [0, 0.1) is 0 Å². The molecule has 3 N–H and O–H groups in total. The number of ether oxygens (including phenoxy) is 1. The highest BCUT2D eigenvalue weighted by Crippen LogP contribution is 2.21. The van der Waals surface area contributed by atoms with Crippen LogP contribution >= 0.6 is 0 Å². The Morgan fingerprint density at radius 2 is 0.521 bits per heavy atom. The Balaban J connectivity index is 3.30. The fourth-order valence-corrected chi connectivity index (χ4v) is 14.5. The van der Waals surface area contributed by atoms with Crippen molar-refractivity contribution in [1.29, 1.82) is 0 Å². The summed E-state index contributed by atoms with van der Waals surface area (Å²) in [4.78, 5) is 24.7. The maximum atomic E-state index is 12.6. The standard InChI is InChI=1S/C90H175NO5/c1-3-5-7-9-11-13-15-17-19-20-21-22-23-39-42-45-48-51-55-58-62-66-70-74-78-82-88(93)87(86-92)91-89(94)83-79-75-71-67-63-59-56-52-49-46-43-40-37-35-33-31-29-27-25-24-26-28-30-32-34-36-38-41-44-47-50-53-57-61-65-69-73-77-81-85-96-90(95)84-80-76-72-68-64-60-54-18-16-14-12-10-8-6-4-2/h12,14,18,54,87-88,92-93H,3-11,13,15-17,19-53,55-86H2,1-2H3,(H,91,94)/b14-12-,54-18-. The van der Waals surface area contributed by atoms with Gasteiger partial charge in [-0.2, -0.15) is 0 Å². The maximum Gasteiger partial charge on any atom is 0.305 e. The van der Waals surface area contributed by atoms with E-state index in [4.69, 9.17) is 4.74 Å². The zero-order chi connectivity index (χ0) is 69.1. The summed E-state index contributed by atoms with van der Waals surface area (Å²) in [5.74, 6) is -0.0111. The highest BCUT2D eigenvalue weighted by Gasteiger charge is 2.20. The van der Waals surface area contributed by atoms with E-state index < -0.39 is 12.1 Å². The molecule has 1 amide bonds. The van der Waals surface area contributed by atoms with Crippen molar-refractivity contribution in [3.05, 3.63) is 24.3 Å². The lowest BCUT2D eigenvalue weighted by Crippen LogP contribution is -2.45. The van der Waals surface area contributed by atoms with Crippen LogP contribution in [0.1, 0.15) is 515 Å². The van der Waals surface area contributed by atoms with E-state index in [1.807, 2.05) is 0 Å². The Morgan fingerprint density at radius 3 is 0.812 bits per heavy atom. The molecule has 0 aliphatic carbocycles. The maximum absolute atomic E-state index is 12.6. The zero-order valence-corrected chi connectivity index (χ0v) is 65.7. The third kappa shape index (κ3) is 81.3. The second-order valence-electron chi connectivity index (χ2n) is 30.9. The van der Waals surface area contributed by atoms with Gasteiger partial charge in [0.1, 0.15) is 0 Å². The Morgan fingerprint density at radius 1 is 0.292 bits per heavy atom. The van der Waals surface area contributed by atoms with Gasteiger partial charge in [0, 0.05) is 12.8 Å². The predicted molar refractivity (Wildman–Crippen MR) is 426 cm³/mol. The summed E-state index contributed by atoms with van der Waals surface area (Å²) in [6.07, 6.45) is 112. The van der Waals surface area contributed by atoms with E-state index in [0.717, 1.165) is 51.4 Å². The number of unbranched alkanes of at least 4 members (excludes halogenated alkanes) is 70. The minimum absolute atomic E-state index is 0.0111. The summed E-state index contributed by atoms with van der Waals surface area (Å²) in [5.41, 5.74) is 0. The molecule has 6 nitrogen and oxygen atoms in total. The fraction of sp³-hybridized carbons (Fsp3) is 0.933. The van der Waals surface area contributed by atoms with Crippen molar-refractivity contribution >= 4 is 11.9 Å². The molecule has 0 saturated heterocycles. The van der Waals surface area contributed by atoms with Crippen molar-refractivity contribution in [2.45, 2.75) is 527 Å². The molecule has 0 aromatic heterocycles. The lowest BCUT2D eigenvalue weighted by Gasteiger charge is -2.22. The molecular formula is C90H175NO5. The van der Waals surface area contributed by atoms with Crippen LogP contribution in [0.15, 0.2) is 24.3 Å². The molecule has 0 rings (SSSR count). The van der Waals surface area contributed by atoms with Gasteiger partial charge in [-0.15, -0.1) is 0 Å². The summed E-state index contributed by atoms with van der Waals surface area (Å²) < 4.78 is 5.50. The number of hydrogen-bond acceptors (Lipinski definition) is 5. The number of amides is 1. The highest BCUT2D eigenvalue weighted by atomic mass is 16.5. The Hall–Kier alpha value is -1.66. The number of aliphatic hydroxyl groups is 2. The van der Waals surface area contributed by atoms with Crippen molar-refractivity contribution in [2.24, 2.45) is 0 Å². The van der Waals surface area contributed by atoms with Gasteiger partial charge in [0.2, 0.25) is 5.91 Å². The second-order valence-corrected chi connectivity index (χ2v) is 30.9. The van der Waals surface area contributed by atoms with E-state index in [-0.39, 0.29) is 18.5 Å². The molecule has 0 heterocycles. The van der Waals surface area contributed by atoms with E-state index in [1.165, 1.54) is 430 Å². The Bertz CT molecular complexity index is 1510. The van der Waals surface area contributed by atoms with Gasteiger partial charge < -0.3 is 20.3 Å². The van der Waals surface area contributed by atoms with E-state index in [9.17, 15) is 19.8 Å². The van der Waals surface area contributed by atoms with Gasteiger partial charge in [-0.1, -0.05) is 468 Å². The quantitative estimate of drug-likeness (QED) is 0.0320. The third-order valence-electron chi connectivity index (χ3n) is 21.3. The molecule has 0 bridgehead atoms. The number of esters is 1. The smallest absolute Gasteiger partial charge is 0.305 e. The number of rotatable bonds is 85. The minimum atomic E-state index is -0.661. The number of carbonyl (C=O) groups excluding carboxylic acids is 2. The number of hydrogen-bond donors (Lipinski definition) is 3. The minimum Gasteiger partial charge on any atom is -0.466 e. The summed E-state index contributed by atoms with van der Waals surface area (Å²) >= 11 is 0. The molecule has 96 heavy (non-hydrogen) atoms. The molecule has 570 valence electrons. The van der Waals surface area contributed by atoms with Crippen LogP contribution in [0.3, 0.4) is 0 Å². The van der Waals surface area contributed by atoms with Crippen LogP contribution in [-0.2, 0) is 14.3 Å². The molecule has 0 aliphatic heterocycles. The van der Waals surface area contributed by atoms with Gasteiger partial charge >= 0.3 is 5.97 Å². The average Bonchev–Trinajstić information content (AvgIpc) is 2.50. The molecule has 0 spiro atoms. The van der Waals surface area contributed by atoms with Gasteiger partial charge in [-0.05, 0) is 57.8 Å². The summed E-state index contributed by atoms with van der Waals surface area (Å²) in [5, 5.41) is 23.5. The SMILES string of the molecule is CCCCC/C=C\C/C=C\CCCCCCCC(=O)OCCCCCCCCCCCCCCCCCCCCCCCCCCCCCCCCCCCCCCCCCC(=O)NC(CO)C(O)CCCCCCCCCCCCCCCCCCCCCCCCCCC. The topological polar surface area (TPSA) is 95.9 Å². The molecule has 0 fully saturated rings. The Labute approximate surface area is 602 Å². The van der Waals surface area contributed by atoms with Crippen molar-refractivity contribution in [1.82, 2.24) is 5.32 Å². The lowest BCUT2D eigenvalue weighted by atomic mass is 10.0. The van der Waals surface area contributed by atoms with Crippen LogP contribution in [0.5, 0.6) is 0 Å². The van der Waals surface area contributed by atoms with Crippen molar-refractivity contribution < 1.29 is 24.5 Å². The summed E-state index contributed by atoms with van der Waals surface area (Å²) in [6, 6.07) is -0.538. The number of nitrogens with one attached hydrogen (secondary N) is 1. The molecular weight excluding hydrogens is 1170 g/mol. The average molecular weight is 1350 g/mol. The van der Waals surface area contributed by atoms with Crippen LogP contribution in [-0.4, -0.2) is 47.4 Å². The molecule has 2 atom stereocenters. The van der Waals surface area contributed by atoms with Crippen molar-refractivity contribution in [3.8, 4) is 0 Å². The molecule has 0 aromatic rings. The van der Waals surface area contributed by atoms with Gasteiger partial charge in [0.05, 0.1) is 25.4 Å². The first-order chi connectivity index (χ1) is 47.5. The highest BCUT2D eigenvalue weighted by molar-refractivity contribution is 5.76. The fourth-order valence-electron chi connectivity index (χ4n) is 14.5. The first-order valence-electron chi connectivity index (χ1n) is 44.6. The molecule has 0 aromatic carbocycles. The van der Waals surface area contributed by atoms with Gasteiger partial charge in [-0.3, -0.25) is 9.59 Å². The molecule has 0 saturated carbocycles. The molecule has 2 unspecified atom stereocenters. The Kier molecular flexibility index (Phi) is 84.3. The summed E-state index contributed by atoms with van der Waals surface area (Å²) in [6.45, 7) is 4.98. The summed E-state index contributed by atoms with van der Waals surface area (Å²) in [7, 11) is 0. The van der Waals surface area contributed by atoms with E-state index >= 15 is 0 Å². The number of aliphatic hydroxyl groups excluding tert-OH is 2. The molecule has 6 heteroatoms.